The third-order valence-electron chi connectivity index (χ3n) is 3.97. The minimum atomic E-state index is -0.203. The molecule has 0 fully saturated rings. The zero-order valence-electron chi connectivity index (χ0n) is 14.3. The summed E-state index contributed by atoms with van der Waals surface area (Å²) in [5, 5.41) is 7.23. The molecule has 0 radical (unpaired) electrons. The van der Waals surface area contributed by atoms with Crippen molar-refractivity contribution in [1.82, 2.24) is 15.1 Å². The molecule has 5 heteroatoms. The minimum absolute atomic E-state index is 0.0814. The summed E-state index contributed by atoms with van der Waals surface area (Å²) in [6, 6.07) is 19.2. The summed E-state index contributed by atoms with van der Waals surface area (Å²) in [6.45, 7) is 4.19. The standard InChI is InChI=1S/C20H21N3O2/c1-15-8-6-7-11-19(15)25-14-23-13-12-18(22-23)20(24)21-16(2)17-9-4-3-5-10-17/h3-13,16H,14H2,1-2H3,(H,21,24). The zero-order chi connectivity index (χ0) is 17.6. The molecule has 1 amide bonds. The molecule has 25 heavy (non-hydrogen) atoms. The molecule has 1 unspecified atom stereocenters. The Hall–Kier alpha value is -3.08. The Morgan fingerprint density at radius 2 is 1.84 bits per heavy atom. The molecule has 0 spiro atoms. The maximum absolute atomic E-state index is 12.3. The predicted octanol–water partition coefficient (Wildman–Crippen LogP) is 3.72. The molecule has 0 aliphatic rings. The number of aromatic nitrogens is 2. The van der Waals surface area contributed by atoms with Crippen LogP contribution in [0.15, 0.2) is 66.9 Å². The molecule has 0 saturated carbocycles. The topological polar surface area (TPSA) is 56.1 Å². The molecule has 0 aliphatic heterocycles. The van der Waals surface area contributed by atoms with Gasteiger partial charge < -0.3 is 10.1 Å². The molecule has 5 nitrogen and oxygen atoms in total. The maximum atomic E-state index is 12.3. The van der Waals surface area contributed by atoms with Crippen LogP contribution in [0, 0.1) is 6.92 Å². The molecule has 1 N–H and O–H groups in total. The van der Waals surface area contributed by atoms with Gasteiger partial charge in [-0.3, -0.25) is 4.79 Å². The summed E-state index contributed by atoms with van der Waals surface area (Å²) in [5.41, 5.74) is 2.48. The predicted molar refractivity (Wildman–Crippen MR) is 96.4 cm³/mol. The molecule has 1 aromatic heterocycles. The first-order valence-corrected chi connectivity index (χ1v) is 8.21. The van der Waals surface area contributed by atoms with Gasteiger partial charge in [0.1, 0.15) is 11.4 Å². The number of ether oxygens (including phenoxy) is 1. The lowest BCUT2D eigenvalue weighted by molar-refractivity contribution is 0.0932. The molecule has 1 heterocycles. The first-order valence-electron chi connectivity index (χ1n) is 8.21. The molecule has 1 atom stereocenters. The number of para-hydroxylation sites is 1. The fraction of sp³-hybridized carbons (Fsp3) is 0.200. The van der Waals surface area contributed by atoms with Crippen LogP contribution in [-0.4, -0.2) is 15.7 Å². The fourth-order valence-electron chi connectivity index (χ4n) is 2.50. The number of amides is 1. The van der Waals surface area contributed by atoms with Crippen LogP contribution in [0.2, 0.25) is 0 Å². The maximum Gasteiger partial charge on any atom is 0.272 e. The van der Waals surface area contributed by atoms with Crippen molar-refractivity contribution < 1.29 is 9.53 Å². The molecule has 0 saturated heterocycles. The van der Waals surface area contributed by atoms with E-state index in [1.165, 1.54) is 0 Å². The second kappa shape index (κ2) is 7.66. The van der Waals surface area contributed by atoms with E-state index in [9.17, 15) is 4.79 Å². The number of nitrogens with zero attached hydrogens (tertiary/aromatic N) is 2. The van der Waals surface area contributed by atoms with Crippen molar-refractivity contribution >= 4 is 5.91 Å². The number of nitrogens with one attached hydrogen (secondary N) is 1. The minimum Gasteiger partial charge on any atom is -0.471 e. The highest BCUT2D eigenvalue weighted by Gasteiger charge is 2.13. The summed E-state index contributed by atoms with van der Waals surface area (Å²) in [5.74, 6) is 0.604. The Morgan fingerprint density at radius 3 is 2.60 bits per heavy atom. The fourth-order valence-corrected chi connectivity index (χ4v) is 2.50. The average molecular weight is 335 g/mol. The second-order valence-electron chi connectivity index (χ2n) is 5.89. The van der Waals surface area contributed by atoms with E-state index in [4.69, 9.17) is 4.74 Å². The highest BCUT2D eigenvalue weighted by Crippen LogP contribution is 2.16. The van der Waals surface area contributed by atoms with Gasteiger partial charge in [-0.05, 0) is 37.1 Å². The van der Waals surface area contributed by atoms with Crippen LogP contribution in [-0.2, 0) is 6.73 Å². The van der Waals surface area contributed by atoms with Crippen LogP contribution in [0.5, 0.6) is 5.75 Å². The number of rotatable bonds is 6. The highest BCUT2D eigenvalue weighted by molar-refractivity contribution is 5.92. The van der Waals surface area contributed by atoms with E-state index in [0.29, 0.717) is 5.69 Å². The van der Waals surface area contributed by atoms with Crippen LogP contribution >= 0.6 is 0 Å². The number of hydrogen-bond donors (Lipinski definition) is 1. The molecular weight excluding hydrogens is 314 g/mol. The van der Waals surface area contributed by atoms with Crippen LogP contribution < -0.4 is 10.1 Å². The van der Waals surface area contributed by atoms with E-state index >= 15 is 0 Å². The molecule has 0 aliphatic carbocycles. The van der Waals surface area contributed by atoms with Gasteiger partial charge in [-0.15, -0.1) is 0 Å². The highest BCUT2D eigenvalue weighted by atomic mass is 16.5. The lowest BCUT2D eigenvalue weighted by Gasteiger charge is -2.13. The summed E-state index contributed by atoms with van der Waals surface area (Å²) in [7, 11) is 0. The first kappa shape index (κ1) is 16.8. The van der Waals surface area contributed by atoms with Gasteiger partial charge in [0.05, 0.1) is 6.04 Å². The Labute approximate surface area is 147 Å². The SMILES string of the molecule is Cc1ccccc1OCn1ccc(C(=O)NC(C)c2ccccc2)n1. The van der Waals surface area contributed by atoms with Gasteiger partial charge in [-0.1, -0.05) is 48.5 Å². The molecule has 128 valence electrons. The van der Waals surface area contributed by atoms with Crippen molar-refractivity contribution in [3.8, 4) is 5.75 Å². The first-order chi connectivity index (χ1) is 12.1. The van der Waals surface area contributed by atoms with E-state index in [-0.39, 0.29) is 18.7 Å². The Kier molecular flexibility index (Phi) is 5.14. The van der Waals surface area contributed by atoms with Gasteiger partial charge in [-0.25, -0.2) is 4.68 Å². The van der Waals surface area contributed by atoms with E-state index in [0.717, 1.165) is 16.9 Å². The second-order valence-corrected chi connectivity index (χ2v) is 5.89. The summed E-state index contributed by atoms with van der Waals surface area (Å²) >= 11 is 0. The van der Waals surface area contributed by atoms with Crippen LogP contribution in [0.25, 0.3) is 0 Å². The van der Waals surface area contributed by atoms with Crippen LogP contribution in [0.4, 0.5) is 0 Å². The number of benzene rings is 2. The summed E-state index contributed by atoms with van der Waals surface area (Å²) < 4.78 is 7.34. The summed E-state index contributed by atoms with van der Waals surface area (Å²) in [6.07, 6.45) is 1.74. The molecular formula is C20H21N3O2. The van der Waals surface area contributed by atoms with Crippen molar-refractivity contribution in [2.75, 3.05) is 0 Å². The van der Waals surface area contributed by atoms with E-state index in [1.807, 2.05) is 68.4 Å². The largest absolute Gasteiger partial charge is 0.471 e. The third-order valence-corrected chi connectivity index (χ3v) is 3.97. The van der Waals surface area contributed by atoms with Gasteiger partial charge >= 0.3 is 0 Å². The number of carbonyl (C=O) groups is 1. The van der Waals surface area contributed by atoms with Gasteiger partial charge in [0.2, 0.25) is 0 Å². The zero-order valence-corrected chi connectivity index (χ0v) is 14.3. The number of carbonyl (C=O) groups excluding carboxylic acids is 1. The lowest BCUT2D eigenvalue weighted by Crippen LogP contribution is -2.27. The van der Waals surface area contributed by atoms with E-state index in [2.05, 4.69) is 10.4 Å². The van der Waals surface area contributed by atoms with Crippen LogP contribution in [0.1, 0.15) is 34.6 Å². The molecule has 0 bridgehead atoms. The molecule has 3 aromatic rings. The number of aryl methyl sites for hydroxylation is 1. The molecule has 2 aromatic carbocycles. The van der Waals surface area contributed by atoms with Crippen molar-refractivity contribution in [3.63, 3.8) is 0 Å². The van der Waals surface area contributed by atoms with Crippen molar-refractivity contribution in [1.29, 1.82) is 0 Å². The van der Waals surface area contributed by atoms with Crippen molar-refractivity contribution in [3.05, 3.63) is 83.7 Å². The average Bonchev–Trinajstić information content (AvgIpc) is 3.11. The third kappa shape index (κ3) is 4.26. The van der Waals surface area contributed by atoms with Gasteiger partial charge in [0.15, 0.2) is 6.73 Å². The van der Waals surface area contributed by atoms with Crippen LogP contribution in [0.3, 0.4) is 0 Å². The molecule has 3 rings (SSSR count). The smallest absolute Gasteiger partial charge is 0.272 e. The van der Waals surface area contributed by atoms with Crippen molar-refractivity contribution in [2.24, 2.45) is 0 Å². The normalized spacial score (nSPS) is 11.8. The summed E-state index contributed by atoms with van der Waals surface area (Å²) in [4.78, 5) is 12.3. The van der Waals surface area contributed by atoms with Gasteiger partial charge in [-0.2, -0.15) is 5.10 Å². The van der Waals surface area contributed by atoms with Gasteiger partial charge in [0.25, 0.3) is 5.91 Å². The Morgan fingerprint density at radius 1 is 1.12 bits per heavy atom. The monoisotopic (exact) mass is 335 g/mol. The van der Waals surface area contributed by atoms with E-state index in [1.54, 1.807) is 16.9 Å². The van der Waals surface area contributed by atoms with E-state index < -0.39 is 0 Å². The van der Waals surface area contributed by atoms with Crippen molar-refractivity contribution in [2.45, 2.75) is 26.6 Å². The van der Waals surface area contributed by atoms with Gasteiger partial charge in [0, 0.05) is 6.20 Å². The lowest BCUT2D eigenvalue weighted by atomic mass is 10.1. The Balaban J connectivity index is 1.59. The quantitative estimate of drug-likeness (QED) is 0.747. The number of hydrogen-bond acceptors (Lipinski definition) is 3. The Bertz CT molecular complexity index is 843.